The Morgan fingerprint density at radius 1 is 1.19 bits per heavy atom. The molecule has 5 N–H and O–H groups in total. The Hall–Kier alpha value is -1.23. The van der Waals surface area contributed by atoms with Crippen molar-refractivity contribution in [1.82, 2.24) is 0 Å². The molecule has 0 spiro atoms. The van der Waals surface area contributed by atoms with E-state index in [0.717, 1.165) is 30.0 Å². The Kier molecular flexibility index (Phi) is 3.33. The molecule has 0 aromatic heterocycles. The summed E-state index contributed by atoms with van der Waals surface area (Å²) in [7, 11) is -0.612. The number of nitrogen functional groups attached to an aromatic ring is 2. The fourth-order valence-corrected chi connectivity index (χ4v) is 3.14. The van der Waals surface area contributed by atoms with E-state index in [1.807, 2.05) is 12.1 Å². The zero-order valence-corrected chi connectivity index (χ0v) is 9.93. The molecule has 1 aliphatic rings. The third kappa shape index (κ3) is 2.66. The molecule has 1 heterocycles. The molecule has 1 fully saturated rings. The van der Waals surface area contributed by atoms with Gasteiger partial charge < -0.3 is 16.8 Å². The molecule has 2 rings (SSSR count). The van der Waals surface area contributed by atoms with Crippen LogP contribution < -0.4 is 16.8 Å². The second-order valence-electron chi connectivity index (χ2n) is 4.11. The molecular weight excluding hydrogens is 222 g/mol. The van der Waals surface area contributed by atoms with E-state index < -0.39 is 10.8 Å². The van der Waals surface area contributed by atoms with Crippen molar-refractivity contribution in [2.75, 3.05) is 28.3 Å². The van der Waals surface area contributed by atoms with Crippen LogP contribution in [0.15, 0.2) is 18.2 Å². The van der Waals surface area contributed by atoms with Crippen LogP contribution >= 0.6 is 0 Å². The minimum atomic E-state index is -0.612. The fourth-order valence-electron chi connectivity index (χ4n) is 1.84. The number of rotatable bonds is 2. The van der Waals surface area contributed by atoms with Crippen molar-refractivity contribution >= 4 is 27.9 Å². The van der Waals surface area contributed by atoms with Crippen LogP contribution in [0.5, 0.6) is 0 Å². The van der Waals surface area contributed by atoms with E-state index in [-0.39, 0.29) is 0 Å². The number of benzene rings is 1. The molecule has 0 aliphatic carbocycles. The van der Waals surface area contributed by atoms with Crippen LogP contribution in [-0.2, 0) is 10.8 Å². The van der Waals surface area contributed by atoms with Gasteiger partial charge in [0.2, 0.25) is 0 Å². The van der Waals surface area contributed by atoms with Crippen LogP contribution in [0.2, 0.25) is 0 Å². The average Bonchev–Trinajstić information content (AvgIpc) is 2.27. The van der Waals surface area contributed by atoms with Crippen LogP contribution in [0.3, 0.4) is 0 Å². The van der Waals surface area contributed by atoms with Gasteiger partial charge in [0.25, 0.3) is 0 Å². The maximum atomic E-state index is 11.2. The first kappa shape index (κ1) is 11.3. The molecule has 1 saturated heterocycles. The second-order valence-corrected chi connectivity index (χ2v) is 5.81. The third-order valence-corrected chi connectivity index (χ3v) is 4.23. The molecule has 1 aromatic rings. The molecule has 0 unspecified atom stereocenters. The second kappa shape index (κ2) is 4.74. The van der Waals surface area contributed by atoms with Gasteiger partial charge in [0.05, 0.1) is 11.4 Å². The molecule has 0 atom stereocenters. The molecule has 0 saturated carbocycles. The standard InChI is InChI=1S/C11H17N3OS/c12-10-2-1-9(7-11(10)13)14-8-3-5-16(15)6-4-8/h1-2,7-8,14H,3-6,12-13H2. The van der Waals surface area contributed by atoms with Gasteiger partial charge in [0.15, 0.2) is 0 Å². The highest BCUT2D eigenvalue weighted by atomic mass is 32.2. The average molecular weight is 239 g/mol. The molecule has 4 nitrogen and oxygen atoms in total. The van der Waals surface area contributed by atoms with Crippen molar-refractivity contribution in [1.29, 1.82) is 0 Å². The summed E-state index contributed by atoms with van der Waals surface area (Å²) < 4.78 is 11.2. The van der Waals surface area contributed by atoms with E-state index >= 15 is 0 Å². The third-order valence-electron chi connectivity index (χ3n) is 2.85. The molecule has 0 bridgehead atoms. The quantitative estimate of drug-likeness (QED) is 0.677. The summed E-state index contributed by atoms with van der Waals surface area (Å²) in [5, 5.41) is 3.40. The van der Waals surface area contributed by atoms with Gasteiger partial charge in [0, 0.05) is 34.0 Å². The Labute approximate surface area is 97.9 Å². The monoisotopic (exact) mass is 239 g/mol. The summed E-state index contributed by atoms with van der Waals surface area (Å²) in [5.74, 6) is 1.59. The van der Waals surface area contributed by atoms with Crippen LogP contribution in [0, 0.1) is 0 Å². The molecule has 0 radical (unpaired) electrons. The van der Waals surface area contributed by atoms with Gasteiger partial charge in [-0.2, -0.15) is 0 Å². The number of hydrogen-bond donors (Lipinski definition) is 3. The molecule has 1 aromatic carbocycles. The van der Waals surface area contributed by atoms with Crippen LogP contribution in [0.4, 0.5) is 17.1 Å². The van der Waals surface area contributed by atoms with Gasteiger partial charge >= 0.3 is 0 Å². The highest BCUT2D eigenvalue weighted by Gasteiger charge is 2.17. The lowest BCUT2D eigenvalue weighted by Gasteiger charge is -2.23. The van der Waals surface area contributed by atoms with E-state index in [4.69, 9.17) is 11.5 Å². The van der Waals surface area contributed by atoms with Crippen molar-refractivity contribution in [2.24, 2.45) is 0 Å². The maximum absolute atomic E-state index is 11.2. The Morgan fingerprint density at radius 3 is 2.50 bits per heavy atom. The number of nitrogens with one attached hydrogen (secondary N) is 1. The summed E-state index contributed by atoms with van der Waals surface area (Å²) in [5.41, 5.74) is 13.6. The zero-order valence-electron chi connectivity index (χ0n) is 9.11. The van der Waals surface area contributed by atoms with Gasteiger partial charge in [-0.1, -0.05) is 0 Å². The lowest BCUT2D eigenvalue weighted by Crippen LogP contribution is -2.29. The predicted octanol–water partition coefficient (Wildman–Crippen LogP) is 1.17. The zero-order chi connectivity index (χ0) is 11.5. The summed E-state index contributed by atoms with van der Waals surface area (Å²) in [4.78, 5) is 0. The lowest BCUT2D eigenvalue weighted by molar-refractivity contribution is 0.624. The Bertz CT molecular complexity index is 398. The van der Waals surface area contributed by atoms with Gasteiger partial charge in [-0.3, -0.25) is 4.21 Å². The minimum absolute atomic E-state index is 0.403. The largest absolute Gasteiger partial charge is 0.397 e. The maximum Gasteiger partial charge on any atom is 0.0568 e. The molecule has 5 heteroatoms. The highest BCUT2D eigenvalue weighted by Crippen LogP contribution is 2.22. The minimum Gasteiger partial charge on any atom is -0.397 e. The predicted molar refractivity (Wildman–Crippen MR) is 69.8 cm³/mol. The summed E-state index contributed by atoms with van der Waals surface area (Å²) in [6.45, 7) is 0. The topological polar surface area (TPSA) is 81.1 Å². The number of nitrogens with two attached hydrogens (primary N) is 2. The van der Waals surface area contributed by atoms with Crippen molar-refractivity contribution in [3.63, 3.8) is 0 Å². The first-order chi connectivity index (χ1) is 7.65. The van der Waals surface area contributed by atoms with Gasteiger partial charge in [0.1, 0.15) is 0 Å². The van der Waals surface area contributed by atoms with Crippen molar-refractivity contribution in [2.45, 2.75) is 18.9 Å². The molecule has 88 valence electrons. The van der Waals surface area contributed by atoms with Crippen molar-refractivity contribution in [3.05, 3.63) is 18.2 Å². The van der Waals surface area contributed by atoms with E-state index in [9.17, 15) is 4.21 Å². The van der Waals surface area contributed by atoms with E-state index in [0.29, 0.717) is 17.4 Å². The highest BCUT2D eigenvalue weighted by molar-refractivity contribution is 7.85. The van der Waals surface area contributed by atoms with Crippen LogP contribution in [0.25, 0.3) is 0 Å². The van der Waals surface area contributed by atoms with Gasteiger partial charge in [-0.15, -0.1) is 0 Å². The van der Waals surface area contributed by atoms with Crippen LogP contribution in [0.1, 0.15) is 12.8 Å². The van der Waals surface area contributed by atoms with Crippen LogP contribution in [-0.4, -0.2) is 21.8 Å². The first-order valence-corrected chi connectivity index (χ1v) is 6.90. The SMILES string of the molecule is Nc1ccc(NC2CCS(=O)CC2)cc1N. The number of anilines is 3. The van der Waals surface area contributed by atoms with E-state index in [2.05, 4.69) is 5.32 Å². The molecular formula is C11H17N3OS. The van der Waals surface area contributed by atoms with E-state index in [1.165, 1.54) is 0 Å². The lowest BCUT2D eigenvalue weighted by atomic mass is 10.1. The number of hydrogen-bond acceptors (Lipinski definition) is 4. The fraction of sp³-hybridized carbons (Fsp3) is 0.455. The Morgan fingerprint density at radius 2 is 1.88 bits per heavy atom. The normalized spacial score (nSPS) is 25.2. The Balaban J connectivity index is 1.98. The molecule has 1 aliphatic heterocycles. The van der Waals surface area contributed by atoms with Crippen molar-refractivity contribution < 1.29 is 4.21 Å². The molecule has 0 amide bonds. The smallest absolute Gasteiger partial charge is 0.0568 e. The van der Waals surface area contributed by atoms with Gasteiger partial charge in [-0.25, -0.2) is 0 Å². The van der Waals surface area contributed by atoms with E-state index in [1.54, 1.807) is 6.07 Å². The first-order valence-electron chi connectivity index (χ1n) is 5.41. The van der Waals surface area contributed by atoms with Crippen molar-refractivity contribution in [3.8, 4) is 0 Å². The van der Waals surface area contributed by atoms with Gasteiger partial charge in [-0.05, 0) is 31.0 Å². The molecule has 16 heavy (non-hydrogen) atoms. The summed E-state index contributed by atoms with van der Waals surface area (Å²) in [6, 6.07) is 5.98. The summed E-state index contributed by atoms with van der Waals surface area (Å²) >= 11 is 0. The summed E-state index contributed by atoms with van der Waals surface area (Å²) in [6.07, 6.45) is 1.91.